The summed E-state index contributed by atoms with van der Waals surface area (Å²) in [6.45, 7) is 3.83. The van der Waals surface area contributed by atoms with Gasteiger partial charge in [-0.15, -0.1) is 0 Å². The average Bonchev–Trinajstić information content (AvgIpc) is 3.08. The lowest BCUT2D eigenvalue weighted by atomic mass is 9.97. The minimum Gasteiger partial charge on any atom is -0.385 e. The summed E-state index contributed by atoms with van der Waals surface area (Å²) in [6.07, 6.45) is 3.41. The van der Waals surface area contributed by atoms with Crippen LogP contribution in [0.5, 0.6) is 0 Å². The number of anilines is 1. The second-order valence-electron chi connectivity index (χ2n) is 7.35. The summed E-state index contributed by atoms with van der Waals surface area (Å²) in [4.78, 5) is 16.5. The molecule has 8 nitrogen and oxygen atoms in total. The highest BCUT2D eigenvalue weighted by Gasteiger charge is 2.33. The molecule has 29 heavy (non-hydrogen) atoms. The van der Waals surface area contributed by atoms with Gasteiger partial charge in [0, 0.05) is 51.0 Å². The van der Waals surface area contributed by atoms with Crippen LogP contribution in [0.2, 0.25) is 0 Å². The number of sulfonamides is 1. The molecule has 3 rings (SSSR count). The number of aromatic nitrogens is 2. The van der Waals surface area contributed by atoms with Gasteiger partial charge in [0.05, 0.1) is 0 Å². The zero-order valence-electron chi connectivity index (χ0n) is 17.0. The van der Waals surface area contributed by atoms with Gasteiger partial charge in [-0.1, -0.05) is 18.2 Å². The molecule has 2 aromatic rings. The number of aryl methyl sites for hydroxylation is 2. The van der Waals surface area contributed by atoms with E-state index in [-0.39, 0.29) is 16.9 Å². The SMILES string of the molecule is Cc1nc(S(=O)(=O)N2CCC(C(=O)NCCCNc3ccccc3)CC2)cn1C. The molecule has 1 amide bonds. The lowest BCUT2D eigenvalue weighted by molar-refractivity contribution is -0.126. The van der Waals surface area contributed by atoms with Crippen molar-refractivity contribution in [3.63, 3.8) is 0 Å². The van der Waals surface area contributed by atoms with Crippen LogP contribution in [-0.2, 0) is 21.9 Å². The average molecular weight is 420 g/mol. The molecule has 1 fully saturated rings. The van der Waals surface area contributed by atoms with Gasteiger partial charge in [0.15, 0.2) is 5.03 Å². The second-order valence-corrected chi connectivity index (χ2v) is 9.24. The van der Waals surface area contributed by atoms with E-state index in [1.165, 1.54) is 10.5 Å². The number of imidazole rings is 1. The molecule has 0 spiro atoms. The van der Waals surface area contributed by atoms with E-state index in [1.807, 2.05) is 30.3 Å². The number of benzene rings is 1. The molecule has 1 aliphatic heterocycles. The molecule has 0 radical (unpaired) electrons. The number of amides is 1. The highest BCUT2D eigenvalue weighted by molar-refractivity contribution is 7.89. The molecule has 1 aromatic heterocycles. The van der Waals surface area contributed by atoms with Gasteiger partial charge in [-0.2, -0.15) is 4.31 Å². The van der Waals surface area contributed by atoms with Crippen LogP contribution in [0.3, 0.4) is 0 Å². The van der Waals surface area contributed by atoms with E-state index in [0.29, 0.717) is 38.3 Å². The highest BCUT2D eigenvalue weighted by atomic mass is 32.2. The van der Waals surface area contributed by atoms with E-state index in [2.05, 4.69) is 15.6 Å². The number of carbonyl (C=O) groups excluding carboxylic acids is 1. The topological polar surface area (TPSA) is 96.3 Å². The minimum absolute atomic E-state index is 0.00967. The normalized spacial score (nSPS) is 15.9. The van der Waals surface area contributed by atoms with Crippen molar-refractivity contribution in [1.29, 1.82) is 0 Å². The maximum Gasteiger partial charge on any atom is 0.262 e. The third-order valence-electron chi connectivity index (χ3n) is 5.27. The molecule has 0 saturated carbocycles. The third-order valence-corrected chi connectivity index (χ3v) is 7.04. The van der Waals surface area contributed by atoms with Crippen LogP contribution < -0.4 is 10.6 Å². The molecule has 2 heterocycles. The lowest BCUT2D eigenvalue weighted by Gasteiger charge is -2.29. The standard InChI is InChI=1S/C20H29N5O3S/c1-16-23-19(15-24(16)2)29(27,28)25-13-9-17(10-14-25)20(26)22-12-6-11-21-18-7-4-3-5-8-18/h3-5,7-8,15,17,21H,6,9-14H2,1-2H3,(H,22,26). The molecular formula is C20H29N5O3S. The lowest BCUT2D eigenvalue weighted by Crippen LogP contribution is -2.43. The van der Waals surface area contributed by atoms with Crippen LogP contribution in [-0.4, -0.2) is 54.4 Å². The number of hydrogen-bond acceptors (Lipinski definition) is 5. The molecule has 0 bridgehead atoms. The first-order valence-corrected chi connectivity index (χ1v) is 11.4. The van der Waals surface area contributed by atoms with Crippen molar-refractivity contribution < 1.29 is 13.2 Å². The van der Waals surface area contributed by atoms with Crippen molar-refractivity contribution in [2.24, 2.45) is 13.0 Å². The zero-order valence-corrected chi connectivity index (χ0v) is 17.8. The van der Waals surface area contributed by atoms with Gasteiger partial charge >= 0.3 is 0 Å². The molecule has 2 N–H and O–H groups in total. The van der Waals surface area contributed by atoms with Crippen molar-refractivity contribution in [3.05, 3.63) is 42.4 Å². The quantitative estimate of drug-likeness (QED) is 0.636. The minimum atomic E-state index is -3.60. The molecule has 1 aliphatic rings. The Morgan fingerprint density at radius 2 is 1.86 bits per heavy atom. The fourth-order valence-corrected chi connectivity index (χ4v) is 4.87. The first-order valence-electron chi connectivity index (χ1n) is 9.94. The number of nitrogens with one attached hydrogen (secondary N) is 2. The summed E-state index contributed by atoms with van der Waals surface area (Å²) in [7, 11) is -1.83. The molecule has 158 valence electrons. The van der Waals surface area contributed by atoms with Crippen LogP contribution in [0, 0.1) is 12.8 Å². The molecule has 0 atom stereocenters. The van der Waals surface area contributed by atoms with Gasteiger partial charge in [0.1, 0.15) is 5.82 Å². The van der Waals surface area contributed by atoms with Crippen LogP contribution in [0.25, 0.3) is 0 Å². The summed E-state index contributed by atoms with van der Waals surface area (Å²) in [5.74, 6) is 0.518. The molecular weight excluding hydrogens is 390 g/mol. The maximum atomic E-state index is 12.7. The Morgan fingerprint density at radius 1 is 1.17 bits per heavy atom. The van der Waals surface area contributed by atoms with Crippen LogP contribution in [0.4, 0.5) is 5.69 Å². The Morgan fingerprint density at radius 3 is 2.48 bits per heavy atom. The first-order chi connectivity index (χ1) is 13.9. The third kappa shape index (κ3) is 5.36. The van der Waals surface area contributed by atoms with E-state index in [9.17, 15) is 13.2 Å². The van der Waals surface area contributed by atoms with E-state index in [4.69, 9.17) is 0 Å². The Labute approximate surface area is 172 Å². The van der Waals surface area contributed by atoms with Crippen molar-refractivity contribution in [2.75, 3.05) is 31.5 Å². The number of nitrogens with zero attached hydrogens (tertiary/aromatic N) is 3. The largest absolute Gasteiger partial charge is 0.385 e. The summed E-state index contributed by atoms with van der Waals surface area (Å²) >= 11 is 0. The van der Waals surface area contributed by atoms with Crippen LogP contribution in [0.15, 0.2) is 41.6 Å². The Kier molecular flexibility index (Phi) is 6.92. The number of rotatable bonds is 8. The number of piperidine rings is 1. The first kappa shape index (κ1) is 21.3. The fourth-order valence-electron chi connectivity index (χ4n) is 3.37. The molecule has 0 aliphatic carbocycles. The summed E-state index contributed by atoms with van der Waals surface area (Å²) in [6, 6.07) is 9.94. The molecule has 1 saturated heterocycles. The molecule has 0 unspecified atom stereocenters. The van der Waals surface area contributed by atoms with Gasteiger partial charge in [-0.25, -0.2) is 13.4 Å². The molecule has 1 aromatic carbocycles. The van der Waals surface area contributed by atoms with E-state index in [1.54, 1.807) is 18.5 Å². The number of hydrogen-bond donors (Lipinski definition) is 2. The highest BCUT2D eigenvalue weighted by Crippen LogP contribution is 2.23. The summed E-state index contributed by atoms with van der Waals surface area (Å²) < 4.78 is 28.6. The predicted molar refractivity (Wildman–Crippen MR) is 112 cm³/mol. The Bertz CT molecular complexity index is 899. The second kappa shape index (κ2) is 9.41. The Hall–Kier alpha value is -2.39. The van der Waals surface area contributed by atoms with Gasteiger partial charge in [0.2, 0.25) is 5.91 Å². The van der Waals surface area contributed by atoms with Crippen molar-refractivity contribution >= 4 is 21.6 Å². The number of para-hydroxylation sites is 1. The van der Waals surface area contributed by atoms with Gasteiger partial charge in [-0.3, -0.25) is 4.79 Å². The van der Waals surface area contributed by atoms with E-state index in [0.717, 1.165) is 18.7 Å². The molecule has 9 heteroatoms. The number of carbonyl (C=O) groups is 1. The Balaban J connectivity index is 1.40. The maximum absolute atomic E-state index is 12.7. The van der Waals surface area contributed by atoms with Gasteiger partial charge < -0.3 is 15.2 Å². The van der Waals surface area contributed by atoms with Crippen LogP contribution in [0.1, 0.15) is 25.1 Å². The van der Waals surface area contributed by atoms with Gasteiger partial charge in [0.25, 0.3) is 10.0 Å². The van der Waals surface area contributed by atoms with E-state index >= 15 is 0 Å². The van der Waals surface area contributed by atoms with Crippen LogP contribution >= 0.6 is 0 Å². The monoisotopic (exact) mass is 419 g/mol. The smallest absolute Gasteiger partial charge is 0.262 e. The van der Waals surface area contributed by atoms with Crippen molar-refractivity contribution in [2.45, 2.75) is 31.2 Å². The van der Waals surface area contributed by atoms with Crippen molar-refractivity contribution in [3.8, 4) is 0 Å². The zero-order chi connectivity index (χ0) is 20.9. The fraction of sp³-hybridized carbons (Fsp3) is 0.500. The van der Waals surface area contributed by atoms with Crippen molar-refractivity contribution in [1.82, 2.24) is 19.2 Å². The van der Waals surface area contributed by atoms with Gasteiger partial charge in [-0.05, 0) is 38.3 Å². The summed E-state index contributed by atoms with van der Waals surface area (Å²) in [5.41, 5.74) is 1.07. The predicted octanol–water partition coefficient (Wildman–Crippen LogP) is 1.75. The summed E-state index contributed by atoms with van der Waals surface area (Å²) in [5, 5.41) is 6.36. The van der Waals surface area contributed by atoms with E-state index < -0.39 is 10.0 Å².